The van der Waals surface area contributed by atoms with Crippen LogP contribution in [0.25, 0.3) is 12.2 Å². The molecule has 0 radical (unpaired) electrons. The number of phenolic OH excluding ortho intramolecular Hbond substituents is 1. The molecule has 0 heterocycles. The molecule has 0 atom stereocenters. The largest absolute Gasteiger partial charge is 0.508 e. The van der Waals surface area contributed by atoms with Crippen molar-refractivity contribution in [3.05, 3.63) is 59.7 Å². The van der Waals surface area contributed by atoms with Crippen LogP contribution in [0.5, 0.6) is 11.5 Å². The SMILES string of the molecule is CC(C)(C)Oc1cc(O)cc(/C=C/c2ccccc2)c1. The Morgan fingerprint density at radius 1 is 0.900 bits per heavy atom. The van der Waals surface area contributed by atoms with Crippen molar-refractivity contribution in [3.63, 3.8) is 0 Å². The van der Waals surface area contributed by atoms with E-state index in [0.717, 1.165) is 11.1 Å². The van der Waals surface area contributed by atoms with E-state index >= 15 is 0 Å². The Kier molecular flexibility index (Phi) is 4.14. The van der Waals surface area contributed by atoms with E-state index in [1.165, 1.54) is 0 Å². The molecular formula is C18H20O2. The summed E-state index contributed by atoms with van der Waals surface area (Å²) in [6.45, 7) is 5.95. The van der Waals surface area contributed by atoms with E-state index in [9.17, 15) is 5.11 Å². The first kappa shape index (κ1) is 14.2. The fourth-order valence-electron chi connectivity index (χ4n) is 1.87. The van der Waals surface area contributed by atoms with Crippen LogP contribution in [-0.2, 0) is 0 Å². The lowest BCUT2D eigenvalue weighted by atomic mass is 10.1. The van der Waals surface area contributed by atoms with Gasteiger partial charge in [-0.25, -0.2) is 0 Å². The smallest absolute Gasteiger partial charge is 0.124 e. The molecule has 0 amide bonds. The lowest BCUT2D eigenvalue weighted by Crippen LogP contribution is -2.22. The van der Waals surface area contributed by atoms with Gasteiger partial charge in [-0.3, -0.25) is 0 Å². The van der Waals surface area contributed by atoms with Crippen molar-refractivity contribution in [2.24, 2.45) is 0 Å². The van der Waals surface area contributed by atoms with Crippen LogP contribution in [0.1, 0.15) is 31.9 Å². The van der Waals surface area contributed by atoms with Gasteiger partial charge in [0.25, 0.3) is 0 Å². The van der Waals surface area contributed by atoms with Gasteiger partial charge in [0, 0.05) is 6.07 Å². The number of hydrogen-bond acceptors (Lipinski definition) is 2. The van der Waals surface area contributed by atoms with Gasteiger partial charge in [-0.05, 0) is 44.0 Å². The monoisotopic (exact) mass is 268 g/mol. The molecule has 2 aromatic carbocycles. The second-order valence-electron chi connectivity index (χ2n) is 5.72. The first-order chi connectivity index (χ1) is 9.42. The van der Waals surface area contributed by atoms with Gasteiger partial charge in [0.1, 0.15) is 17.1 Å². The topological polar surface area (TPSA) is 29.5 Å². The Morgan fingerprint density at radius 2 is 1.55 bits per heavy atom. The number of hydrogen-bond donors (Lipinski definition) is 1. The first-order valence-corrected chi connectivity index (χ1v) is 6.69. The lowest BCUT2D eigenvalue weighted by molar-refractivity contribution is 0.130. The van der Waals surface area contributed by atoms with E-state index in [1.807, 2.05) is 69.3 Å². The molecule has 0 bridgehead atoms. The van der Waals surface area contributed by atoms with E-state index in [4.69, 9.17) is 4.74 Å². The molecule has 2 heteroatoms. The van der Waals surface area contributed by atoms with E-state index in [1.54, 1.807) is 12.1 Å². The molecule has 0 aromatic heterocycles. The van der Waals surface area contributed by atoms with Crippen molar-refractivity contribution in [1.82, 2.24) is 0 Å². The molecule has 0 saturated carbocycles. The minimum Gasteiger partial charge on any atom is -0.508 e. The second kappa shape index (κ2) is 5.83. The molecule has 104 valence electrons. The van der Waals surface area contributed by atoms with Crippen molar-refractivity contribution in [2.45, 2.75) is 26.4 Å². The summed E-state index contributed by atoms with van der Waals surface area (Å²) < 4.78 is 5.78. The maximum atomic E-state index is 9.77. The predicted octanol–water partition coefficient (Wildman–Crippen LogP) is 4.74. The second-order valence-corrected chi connectivity index (χ2v) is 5.72. The zero-order valence-corrected chi connectivity index (χ0v) is 12.1. The number of benzene rings is 2. The molecule has 20 heavy (non-hydrogen) atoms. The molecule has 1 N–H and O–H groups in total. The van der Waals surface area contributed by atoms with Crippen LogP contribution in [0.4, 0.5) is 0 Å². The highest BCUT2D eigenvalue weighted by molar-refractivity contribution is 5.70. The molecule has 0 aliphatic carbocycles. The maximum absolute atomic E-state index is 9.77. The zero-order valence-electron chi connectivity index (χ0n) is 12.1. The van der Waals surface area contributed by atoms with Gasteiger partial charge in [0.05, 0.1) is 0 Å². The molecule has 0 aliphatic rings. The summed E-state index contributed by atoms with van der Waals surface area (Å²) in [6, 6.07) is 15.3. The Morgan fingerprint density at radius 3 is 2.20 bits per heavy atom. The summed E-state index contributed by atoms with van der Waals surface area (Å²) in [4.78, 5) is 0. The summed E-state index contributed by atoms with van der Waals surface area (Å²) in [5.74, 6) is 0.879. The molecule has 2 aromatic rings. The third-order valence-electron chi connectivity index (χ3n) is 2.61. The Labute approximate surface area is 120 Å². The highest BCUT2D eigenvalue weighted by Gasteiger charge is 2.12. The van der Waals surface area contributed by atoms with Gasteiger partial charge in [-0.1, -0.05) is 42.5 Å². The molecule has 0 unspecified atom stereocenters. The van der Waals surface area contributed by atoms with Crippen LogP contribution in [0.15, 0.2) is 48.5 Å². The van der Waals surface area contributed by atoms with Crippen molar-refractivity contribution in [1.29, 1.82) is 0 Å². The number of rotatable bonds is 3. The van der Waals surface area contributed by atoms with Crippen LogP contribution >= 0.6 is 0 Å². The van der Waals surface area contributed by atoms with E-state index < -0.39 is 0 Å². The average Bonchev–Trinajstić information content (AvgIpc) is 2.35. The Balaban J connectivity index is 2.22. The van der Waals surface area contributed by atoms with Crippen molar-refractivity contribution >= 4 is 12.2 Å². The zero-order chi connectivity index (χ0) is 14.6. The Bertz CT molecular complexity index is 593. The normalized spacial score (nSPS) is 11.8. The average molecular weight is 268 g/mol. The Hall–Kier alpha value is -2.22. The minimum atomic E-state index is -0.284. The molecular weight excluding hydrogens is 248 g/mol. The predicted molar refractivity (Wildman–Crippen MR) is 83.9 cm³/mol. The third kappa shape index (κ3) is 4.47. The minimum absolute atomic E-state index is 0.208. The van der Waals surface area contributed by atoms with E-state index in [0.29, 0.717) is 5.75 Å². The summed E-state index contributed by atoms with van der Waals surface area (Å²) in [6.07, 6.45) is 3.97. The summed E-state index contributed by atoms with van der Waals surface area (Å²) in [5, 5.41) is 9.77. The third-order valence-corrected chi connectivity index (χ3v) is 2.61. The molecule has 0 fully saturated rings. The number of ether oxygens (including phenoxy) is 1. The van der Waals surface area contributed by atoms with Crippen LogP contribution in [-0.4, -0.2) is 10.7 Å². The van der Waals surface area contributed by atoms with Crippen LogP contribution in [0.3, 0.4) is 0 Å². The molecule has 2 nitrogen and oxygen atoms in total. The van der Waals surface area contributed by atoms with E-state index in [2.05, 4.69) is 0 Å². The van der Waals surface area contributed by atoms with E-state index in [-0.39, 0.29) is 11.4 Å². The number of aromatic hydroxyl groups is 1. The molecule has 2 rings (SSSR count). The summed E-state index contributed by atoms with van der Waals surface area (Å²) >= 11 is 0. The van der Waals surface area contributed by atoms with Gasteiger partial charge in [0.15, 0.2) is 0 Å². The first-order valence-electron chi connectivity index (χ1n) is 6.69. The van der Waals surface area contributed by atoms with Crippen LogP contribution < -0.4 is 4.74 Å². The summed E-state index contributed by atoms with van der Waals surface area (Å²) in [5.41, 5.74) is 1.75. The highest BCUT2D eigenvalue weighted by atomic mass is 16.5. The van der Waals surface area contributed by atoms with Gasteiger partial charge in [0.2, 0.25) is 0 Å². The van der Waals surface area contributed by atoms with Crippen LogP contribution in [0, 0.1) is 0 Å². The van der Waals surface area contributed by atoms with Gasteiger partial charge in [-0.15, -0.1) is 0 Å². The quantitative estimate of drug-likeness (QED) is 0.815. The lowest BCUT2D eigenvalue weighted by Gasteiger charge is -2.21. The molecule has 0 aliphatic heterocycles. The standard InChI is InChI=1S/C18H20O2/c1-18(2,3)20-17-12-15(11-16(19)13-17)10-9-14-7-5-4-6-8-14/h4-13,19H,1-3H3/b10-9+. The molecule has 0 spiro atoms. The fraction of sp³-hybridized carbons (Fsp3) is 0.222. The maximum Gasteiger partial charge on any atom is 0.124 e. The van der Waals surface area contributed by atoms with Crippen molar-refractivity contribution in [3.8, 4) is 11.5 Å². The molecule has 0 saturated heterocycles. The highest BCUT2D eigenvalue weighted by Crippen LogP contribution is 2.26. The van der Waals surface area contributed by atoms with Crippen molar-refractivity contribution < 1.29 is 9.84 Å². The summed E-state index contributed by atoms with van der Waals surface area (Å²) in [7, 11) is 0. The van der Waals surface area contributed by atoms with Gasteiger partial charge in [-0.2, -0.15) is 0 Å². The van der Waals surface area contributed by atoms with Crippen molar-refractivity contribution in [2.75, 3.05) is 0 Å². The van der Waals surface area contributed by atoms with Gasteiger partial charge >= 0.3 is 0 Å². The fourth-order valence-corrected chi connectivity index (χ4v) is 1.87. The number of phenols is 1. The van der Waals surface area contributed by atoms with Gasteiger partial charge < -0.3 is 9.84 Å². The van der Waals surface area contributed by atoms with Crippen LogP contribution in [0.2, 0.25) is 0 Å².